The molecule has 0 radical (unpaired) electrons. The van der Waals surface area contributed by atoms with Gasteiger partial charge >= 0.3 is 0 Å². The maximum Gasteiger partial charge on any atom is 0.137 e. The van der Waals surface area contributed by atoms with Gasteiger partial charge in [-0.2, -0.15) is 0 Å². The Labute approximate surface area is 111 Å². The molecular formula is C16H25NO. The second-order valence-corrected chi connectivity index (χ2v) is 5.36. The van der Waals surface area contributed by atoms with Crippen molar-refractivity contribution in [3.63, 3.8) is 0 Å². The molecule has 0 amide bonds. The van der Waals surface area contributed by atoms with Crippen LogP contribution in [0.1, 0.15) is 42.9 Å². The highest BCUT2D eigenvalue weighted by Crippen LogP contribution is 2.14. The minimum absolute atomic E-state index is 0.335. The first-order valence-corrected chi connectivity index (χ1v) is 6.80. The van der Waals surface area contributed by atoms with Gasteiger partial charge in [0.1, 0.15) is 5.78 Å². The average Bonchev–Trinajstić information content (AvgIpc) is 2.32. The molecule has 0 bridgehead atoms. The van der Waals surface area contributed by atoms with Gasteiger partial charge in [0.25, 0.3) is 0 Å². The Morgan fingerprint density at radius 2 is 1.94 bits per heavy atom. The molecule has 1 aromatic carbocycles. The van der Waals surface area contributed by atoms with Crippen LogP contribution in [-0.4, -0.2) is 12.3 Å². The topological polar surface area (TPSA) is 43.1 Å². The Kier molecular flexibility index (Phi) is 6.06. The van der Waals surface area contributed by atoms with Crippen LogP contribution in [-0.2, 0) is 11.2 Å². The molecule has 0 spiro atoms. The first-order chi connectivity index (χ1) is 8.52. The molecular weight excluding hydrogens is 222 g/mol. The van der Waals surface area contributed by atoms with Gasteiger partial charge in [0, 0.05) is 12.8 Å². The largest absolute Gasteiger partial charge is 0.330 e. The molecule has 18 heavy (non-hydrogen) atoms. The first-order valence-electron chi connectivity index (χ1n) is 6.80. The summed E-state index contributed by atoms with van der Waals surface area (Å²) in [6, 6.07) is 6.27. The predicted molar refractivity (Wildman–Crippen MR) is 76.7 cm³/mol. The smallest absolute Gasteiger partial charge is 0.137 e. The van der Waals surface area contributed by atoms with Crippen molar-refractivity contribution in [2.24, 2.45) is 11.7 Å². The van der Waals surface area contributed by atoms with E-state index < -0.39 is 0 Å². The van der Waals surface area contributed by atoms with Crippen molar-refractivity contribution in [3.05, 3.63) is 34.9 Å². The summed E-state index contributed by atoms with van der Waals surface area (Å²) in [7, 11) is 0. The third-order valence-electron chi connectivity index (χ3n) is 3.55. The van der Waals surface area contributed by atoms with Gasteiger partial charge in [0.05, 0.1) is 0 Å². The average molecular weight is 247 g/mol. The van der Waals surface area contributed by atoms with Gasteiger partial charge in [0.2, 0.25) is 0 Å². The highest BCUT2D eigenvalue weighted by molar-refractivity contribution is 5.80. The van der Waals surface area contributed by atoms with E-state index in [4.69, 9.17) is 5.73 Å². The molecule has 1 unspecified atom stereocenters. The molecule has 1 atom stereocenters. The van der Waals surface area contributed by atoms with Crippen LogP contribution >= 0.6 is 0 Å². The van der Waals surface area contributed by atoms with E-state index in [9.17, 15) is 4.79 Å². The SMILES string of the molecule is Cc1ccc(CC(=O)CCC(C)CCN)cc1C. The van der Waals surface area contributed by atoms with Crippen LogP contribution in [0.5, 0.6) is 0 Å². The summed E-state index contributed by atoms with van der Waals surface area (Å²) in [6.45, 7) is 7.06. The summed E-state index contributed by atoms with van der Waals surface area (Å²) in [5.74, 6) is 0.890. The van der Waals surface area contributed by atoms with E-state index in [0.717, 1.165) is 18.4 Å². The van der Waals surface area contributed by atoms with Crippen LogP contribution in [0, 0.1) is 19.8 Å². The zero-order valence-corrected chi connectivity index (χ0v) is 11.8. The standard InChI is InChI=1S/C16H25NO/c1-12(8-9-17)4-7-16(18)11-15-6-5-13(2)14(3)10-15/h5-6,10,12H,4,7-9,11,17H2,1-3H3. The maximum atomic E-state index is 11.9. The van der Waals surface area contributed by atoms with E-state index >= 15 is 0 Å². The number of Topliss-reactive ketones (excluding diaryl/α,β-unsaturated/α-hetero) is 1. The van der Waals surface area contributed by atoms with E-state index in [-0.39, 0.29) is 0 Å². The third-order valence-corrected chi connectivity index (χ3v) is 3.55. The Balaban J connectivity index is 2.42. The van der Waals surface area contributed by atoms with Crippen LogP contribution < -0.4 is 5.73 Å². The molecule has 0 fully saturated rings. The number of benzene rings is 1. The van der Waals surface area contributed by atoms with Crippen LogP contribution in [0.25, 0.3) is 0 Å². The summed E-state index contributed by atoms with van der Waals surface area (Å²) in [6.07, 6.45) is 3.21. The molecule has 100 valence electrons. The van der Waals surface area contributed by atoms with Crippen molar-refractivity contribution < 1.29 is 4.79 Å². The van der Waals surface area contributed by atoms with Crippen LogP contribution in [0.15, 0.2) is 18.2 Å². The molecule has 0 aliphatic rings. The van der Waals surface area contributed by atoms with Crippen molar-refractivity contribution in [3.8, 4) is 0 Å². The van der Waals surface area contributed by atoms with Gasteiger partial charge in [-0.25, -0.2) is 0 Å². The number of carbonyl (C=O) groups is 1. The first kappa shape index (κ1) is 14.9. The van der Waals surface area contributed by atoms with Crippen molar-refractivity contribution in [1.29, 1.82) is 0 Å². The minimum atomic E-state index is 0.335. The van der Waals surface area contributed by atoms with Gasteiger partial charge in [-0.3, -0.25) is 4.79 Å². The Morgan fingerprint density at radius 3 is 2.56 bits per heavy atom. The molecule has 1 aromatic rings. The van der Waals surface area contributed by atoms with Crippen molar-refractivity contribution in [1.82, 2.24) is 0 Å². The fourth-order valence-corrected chi connectivity index (χ4v) is 2.07. The maximum absolute atomic E-state index is 11.9. The number of ketones is 1. The molecule has 0 heterocycles. The van der Waals surface area contributed by atoms with Crippen LogP contribution in [0.4, 0.5) is 0 Å². The minimum Gasteiger partial charge on any atom is -0.330 e. The third kappa shape index (κ3) is 5.01. The van der Waals surface area contributed by atoms with Gasteiger partial charge in [0.15, 0.2) is 0 Å². The number of carbonyl (C=O) groups excluding carboxylic acids is 1. The highest BCUT2D eigenvalue weighted by Gasteiger charge is 2.08. The van der Waals surface area contributed by atoms with Crippen LogP contribution in [0.3, 0.4) is 0 Å². The predicted octanol–water partition coefficient (Wildman–Crippen LogP) is 3.18. The lowest BCUT2D eigenvalue weighted by molar-refractivity contribution is -0.118. The second kappa shape index (κ2) is 7.32. The van der Waals surface area contributed by atoms with Gasteiger partial charge in [-0.15, -0.1) is 0 Å². The molecule has 2 heteroatoms. The number of hydrogen-bond acceptors (Lipinski definition) is 2. The molecule has 0 aliphatic heterocycles. The van der Waals surface area contributed by atoms with E-state index in [2.05, 4.69) is 39.0 Å². The van der Waals surface area contributed by atoms with Crippen LogP contribution in [0.2, 0.25) is 0 Å². The molecule has 1 rings (SSSR count). The number of aryl methyl sites for hydroxylation is 2. The summed E-state index contributed by atoms with van der Waals surface area (Å²) in [5.41, 5.74) is 9.18. The zero-order valence-electron chi connectivity index (χ0n) is 11.8. The quantitative estimate of drug-likeness (QED) is 0.804. The van der Waals surface area contributed by atoms with Crippen molar-refractivity contribution in [2.45, 2.75) is 46.5 Å². The Morgan fingerprint density at radius 1 is 1.22 bits per heavy atom. The number of nitrogens with two attached hydrogens (primary N) is 1. The van der Waals surface area contributed by atoms with Crippen molar-refractivity contribution >= 4 is 5.78 Å². The number of rotatable bonds is 7. The van der Waals surface area contributed by atoms with E-state index in [0.29, 0.717) is 31.1 Å². The second-order valence-electron chi connectivity index (χ2n) is 5.36. The van der Waals surface area contributed by atoms with E-state index in [1.165, 1.54) is 11.1 Å². The molecule has 0 saturated carbocycles. The summed E-state index contributed by atoms with van der Waals surface area (Å²) < 4.78 is 0. The molecule has 0 aromatic heterocycles. The lowest BCUT2D eigenvalue weighted by atomic mass is 9.96. The van der Waals surface area contributed by atoms with E-state index in [1.807, 2.05) is 0 Å². The Bertz CT molecular complexity index is 398. The molecule has 2 nitrogen and oxygen atoms in total. The normalized spacial score (nSPS) is 12.4. The molecule has 0 aliphatic carbocycles. The molecule has 0 saturated heterocycles. The van der Waals surface area contributed by atoms with E-state index in [1.54, 1.807) is 0 Å². The summed E-state index contributed by atoms with van der Waals surface area (Å²) in [5, 5.41) is 0. The fraction of sp³-hybridized carbons (Fsp3) is 0.562. The van der Waals surface area contributed by atoms with Gasteiger partial charge in [-0.1, -0.05) is 25.1 Å². The van der Waals surface area contributed by atoms with Crippen molar-refractivity contribution in [2.75, 3.05) is 6.54 Å². The monoisotopic (exact) mass is 247 g/mol. The Hall–Kier alpha value is -1.15. The highest BCUT2D eigenvalue weighted by atomic mass is 16.1. The van der Waals surface area contributed by atoms with Gasteiger partial charge in [-0.05, 0) is 55.8 Å². The summed E-state index contributed by atoms with van der Waals surface area (Å²) >= 11 is 0. The summed E-state index contributed by atoms with van der Waals surface area (Å²) in [4.78, 5) is 11.9. The fourth-order valence-electron chi connectivity index (χ4n) is 2.07. The van der Waals surface area contributed by atoms with Gasteiger partial charge < -0.3 is 5.73 Å². The molecule has 2 N–H and O–H groups in total. The number of hydrogen-bond donors (Lipinski definition) is 1. The lowest BCUT2D eigenvalue weighted by Crippen LogP contribution is -2.09. The lowest BCUT2D eigenvalue weighted by Gasteiger charge is -2.09. The zero-order chi connectivity index (χ0) is 13.5.